The summed E-state index contributed by atoms with van der Waals surface area (Å²) in [5.41, 5.74) is 7.60. The Morgan fingerprint density at radius 3 is 2.89 bits per heavy atom. The van der Waals surface area contributed by atoms with E-state index in [0.717, 1.165) is 12.3 Å². The topological polar surface area (TPSA) is 145 Å². The quantitative estimate of drug-likeness (QED) is 0.208. The van der Waals surface area contributed by atoms with Crippen molar-refractivity contribution in [2.75, 3.05) is 6.54 Å². The molecule has 96 valence electrons. The Bertz CT molecular complexity index is 504. The van der Waals surface area contributed by atoms with Gasteiger partial charge in [0.05, 0.1) is 17.6 Å². The minimum absolute atomic E-state index is 0.105. The number of nitrogens with zero attached hydrogens (tertiary/aromatic N) is 5. The number of nitro groups is 1. The second kappa shape index (κ2) is 6.12. The van der Waals surface area contributed by atoms with Crippen molar-refractivity contribution >= 4 is 17.3 Å². The molecule has 0 aliphatic rings. The number of aliphatic hydroxyl groups excluding tert-OH is 2. The third kappa shape index (κ3) is 3.28. The molecular formula is C8H8ClN5O4. The predicted octanol–water partition coefficient (Wildman–Crippen LogP) is 1.35. The number of rotatable bonds is 5. The van der Waals surface area contributed by atoms with Crippen LogP contribution in [0.2, 0.25) is 5.15 Å². The molecule has 10 heteroatoms. The molecule has 0 saturated heterocycles. The first-order valence-corrected chi connectivity index (χ1v) is 5.02. The highest BCUT2D eigenvalue weighted by molar-refractivity contribution is 6.30. The maximum absolute atomic E-state index is 10.5. The lowest BCUT2D eigenvalue weighted by atomic mass is 10.1. The zero-order chi connectivity index (χ0) is 13.7. The van der Waals surface area contributed by atoms with Crippen LogP contribution in [-0.2, 0) is 0 Å². The summed E-state index contributed by atoms with van der Waals surface area (Å²) >= 11 is 5.67. The van der Waals surface area contributed by atoms with Crippen LogP contribution < -0.4 is 0 Å². The lowest BCUT2D eigenvalue weighted by molar-refractivity contribution is -0.385. The van der Waals surface area contributed by atoms with Gasteiger partial charge in [0.2, 0.25) is 0 Å². The SMILES string of the molecule is [N-]=[N+]=NCC(O)C(O)c1cc([N+](=O)[O-])cnc1Cl. The first kappa shape index (κ1) is 14.1. The van der Waals surface area contributed by atoms with Crippen molar-refractivity contribution < 1.29 is 15.1 Å². The van der Waals surface area contributed by atoms with E-state index in [1.54, 1.807) is 0 Å². The largest absolute Gasteiger partial charge is 0.390 e. The molecule has 0 fully saturated rings. The summed E-state index contributed by atoms with van der Waals surface area (Å²) in [6, 6.07) is 0.999. The second-order valence-electron chi connectivity index (χ2n) is 3.26. The molecule has 0 aliphatic heterocycles. The van der Waals surface area contributed by atoms with Gasteiger partial charge in [-0.1, -0.05) is 16.7 Å². The maximum Gasteiger partial charge on any atom is 0.288 e. The van der Waals surface area contributed by atoms with E-state index >= 15 is 0 Å². The molecule has 2 N–H and O–H groups in total. The number of hydrogen-bond donors (Lipinski definition) is 2. The summed E-state index contributed by atoms with van der Waals surface area (Å²) in [5, 5.41) is 32.7. The Morgan fingerprint density at radius 2 is 2.33 bits per heavy atom. The third-order valence-corrected chi connectivity index (χ3v) is 2.39. The zero-order valence-electron chi connectivity index (χ0n) is 8.84. The van der Waals surface area contributed by atoms with Gasteiger partial charge in [0.1, 0.15) is 17.5 Å². The summed E-state index contributed by atoms with van der Waals surface area (Å²) < 4.78 is 0. The fraction of sp³-hybridized carbons (Fsp3) is 0.375. The summed E-state index contributed by atoms with van der Waals surface area (Å²) in [6.45, 7) is -0.392. The number of pyridine rings is 1. The number of azide groups is 1. The minimum atomic E-state index is -1.53. The smallest absolute Gasteiger partial charge is 0.288 e. The molecule has 1 heterocycles. The Hall–Kier alpha value is -1.93. The predicted molar refractivity (Wildman–Crippen MR) is 60.9 cm³/mol. The van der Waals surface area contributed by atoms with Gasteiger partial charge in [0, 0.05) is 16.5 Å². The van der Waals surface area contributed by atoms with Crippen molar-refractivity contribution in [3.63, 3.8) is 0 Å². The van der Waals surface area contributed by atoms with Crippen molar-refractivity contribution in [1.29, 1.82) is 0 Å². The van der Waals surface area contributed by atoms with Crippen LogP contribution in [0.5, 0.6) is 0 Å². The standard InChI is InChI=1S/C8H8ClN5O4/c9-8-5(1-4(2-11-8)14(17)18)7(16)6(15)3-12-13-10/h1-2,6-7,15-16H,3H2. The van der Waals surface area contributed by atoms with Gasteiger partial charge in [-0.25, -0.2) is 4.98 Å². The number of halogens is 1. The van der Waals surface area contributed by atoms with E-state index in [1.807, 2.05) is 0 Å². The Labute approximate surface area is 105 Å². The van der Waals surface area contributed by atoms with Crippen molar-refractivity contribution in [2.45, 2.75) is 12.2 Å². The molecule has 2 unspecified atom stereocenters. The highest BCUT2D eigenvalue weighted by atomic mass is 35.5. The van der Waals surface area contributed by atoms with Crippen LogP contribution in [-0.4, -0.2) is 32.8 Å². The summed E-state index contributed by atoms with van der Waals surface area (Å²) in [4.78, 5) is 15.8. The van der Waals surface area contributed by atoms with E-state index < -0.39 is 23.7 Å². The molecule has 1 rings (SSSR count). The molecule has 2 atom stereocenters. The molecule has 0 radical (unpaired) electrons. The van der Waals surface area contributed by atoms with Crippen LogP contribution in [0.3, 0.4) is 0 Å². The van der Waals surface area contributed by atoms with Crippen LogP contribution in [0, 0.1) is 10.1 Å². The van der Waals surface area contributed by atoms with Gasteiger partial charge >= 0.3 is 0 Å². The summed E-state index contributed by atoms with van der Waals surface area (Å²) in [5.74, 6) is 0. The first-order chi connectivity index (χ1) is 8.47. The van der Waals surface area contributed by atoms with Crippen LogP contribution in [0.1, 0.15) is 11.7 Å². The van der Waals surface area contributed by atoms with E-state index in [1.165, 1.54) is 0 Å². The van der Waals surface area contributed by atoms with E-state index in [4.69, 9.17) is 17.1 Å². The van der Waals surface area contributed by atoms with Gasteiger partial charge in [-0.3, -0.25) is 10.1 Å². The minimum Gasteiger partial charge on any atom is -0.390 e. The molecule has 1 aromatic rings. The average Bonchev–Trinajstić information content (AvgIpc) is 2.35. The van der Waals surface area contributed by atoms with Gasteiger partial charge in [-0.05, 0) is 5.53 Å². The fourth-order valence-corrected chi connectivity index (χ4v) is 1.40. The van der Waals surface area contributed by atoms with Gasteiger partial charge in [-0.2, -0.15) is 0 Å². The number of aliphatic hydroxyl groups is 2. The zero-order valence-corrected chi connectivity index (χ0v) is 9.60. The van der Waals surface area contributed by atoms with Gasteiger partial charge in [0.15, 0.2) is 0 Å². The first-order valence-electron chi connectivity index (χ1n) is 4.64. The molecule has 0 amide bonds. The van der Waals surface area contributed by atoms with Crippen molar-refractivity contribution in [3.05, 3.63) is 43.5 Å². The summed E-state index contributed by atoms with van der Waals surface area (Å²) in [7, 11) is 0. The van der Waals surface area contributed by atoms with Crippen molar-refractivity contribution in [2.24, 2.45) is 5.11 Å². The van der Waals surface area contributed by atoms with Crippen LogP contribution in [0.15, 0.2) is 17.4 Å². The highest BCUT2D eigenvalue weighted by Crippen LogP contribution is 2.27. The van der Waals surface area contributed by atoms with E-state index in [-0.39, 0.29) is 16.4 Å². The number of hydrogen-bond acceptors (Lipinski definition) is 6. The third-order valence-electron chi connectivity index (χ3n) is 2.08. The molecule has 0 aromatic carbocycles. The molecule has 9 nitrogen and oxygen atoms in total. The fourth-order valence-electron chi connectivity index (χ4n) is 1.19. The Morgan fingerprint density at radius 1 is 1.67 bits per heavy atom. The molecule has 18 heavy (non-hydrogen) atoms. The van der Waals surface area contributed by atoms with Gasteiger partial charge in [-0.15, -0.1) is 0 Å². The van der Waals surface area contributed by atoms with Crippen LogP contribution in [0.25, 0.3) is 10.4 Å². The van der Waals surface area contributed by atoms with Crippen LogP contribution in [0.4, 0.5) is 5.69 Å². The number of aromatic nitrogens is 1. The van der Waals surface area contributed by atoms with Gasteiger partial charge < -0.3 is 10.2 Å². The molecular weight excluding hydrogens is 266 g/mol. The second-order valence-corrected chi connectivity index (χ2v) is 3.61. The molecule has 0 spiro atoms. The van der Waals surface area contributed by atoms with E-state index in [9.17, 15) is 20.3 Å². The van der Waals surface area contributed by atoms with Crippen molar-refractivity contribution in [3.8, 4) is 0 Å². The lowest BCUT2D eigenvalue weighted by Crippen LogP contribution is -2.21. The maximum atomic E-state index is 10.5. The summed E-state index contributed by atoms with van der Waals surface area (Å²) in [6.07, 6.45) is -2.03. The highest BCUT2D eigenvalue weighted by Gasteiger charge is 2.23. The molecule has 0 aliphatic carbocycles. The van der Waals surface area contributed by atoms with Crippen molar-refractivity contribution in [1.82, 2.24) is 4.98 Å². The molecule has 0 bridgehead atoms. The average molecular weight is 274 g/mol. The monoisotopic (exact) mass is 273 g/mol. The normalized spacial score (nSPS) is 13.5. The molecule has 0 saturated carbocycles. The Balaban J connectivity index is 3.03. The van der Waals surface area contributed by atoms with Crippen LogP contribution >= 0.6 is 11.6 Å². The van der Waals surface area contributed by atoms with E-state index in [0.29, 0.717) is 0 Å². The Kier molecular flexibility index (Phi) is 4.81. The van der Waals surface area contributed by atoms with Gasteiger partial charge in [0.25, 0.3) is 5.69 Å². The molecule has 1 aromatic heterocycles. The lowest BCUT2D eigenvalue weighted by Gasteiger charge is -2.16. The van der Waals surface area contributed by atoms with E-state index in [2.05, 4.69) is 15.0 Å².